The molecule has 8 N–H and O–H groups in total. The lowest BCUT2D eigenvalue weighted by Gasteiger charge is -2.27. The number of unbranched alkanes of at least 4 members (excludes halogenated alkanes) is 14. The highest BCUT2D eigenvalue weighted by Crippen LogP contribution is 2.84. The second-order valence-electron chi connectivity index (χ2n) is 16.3. The number of carbonyl (C=O) groups excluding carboxylic acids is 4. The van der Waals surface area contributed by atoms with Crippen LogP contribution in [-0.2, 0) is 43.2 Å². The van der Waals surface area contributed by atoms with Gasteiger partial charge in [0.05, 0.1) is 16.4 Å². The van der Waals surface area contributed by atoms with Crippen LogP contribution >= 0.6 is 64.8 Å². The van der Waals surface area contributed by atoms with E-state index in [1.807, 2.05) is 0 Å². The van der Waals surface area contributed by atoms with Gasteiger partial charge < -0.3 is 41.5 Å². The molecule has 1 spiro atoms. The summed E-state index contributed by atoms with van der Waals surface area (Å²) in [7, 11) is 10.1. The molecule has 2 aliphatic heterocycles. The summed E-state index contributed by atoms with van der Waals surface area (Å²) >= 11 is 0. The van der Waals surface area contributed by atoms with Crippen LogP contribution in [0, 0.1) is 11.8 Å². The van der Waals surface area contributed by atoms with Crippen molar-refractivity contribution in [3.63, 3.8) is 0 Å². The van der Waals surface area contributed by atoms with Crippen LogP contribution in [0.25, 0.3) is 0 Å². The van der Waals surface area contributed by atoms with E-state index in [-0.39, 0.29) is 64.6 Å². The molecule has 0 saturated carbocycles. The van der Waals surface area contributed by atoms with E-state index in [1.54, 1.807) is 64.8 Å². The summed E-state index contributed by atoms with van der Waals surface area (Å²) in [6.07, 6.45) is 14.4. The Morgan fingerprint density at radius 2 is 0.892 bits per heavy atom. The molecule has 370 valence electrons. The molecular weight excluding hydrogens is 963 g/mol. The lowest BCUT2D eigenvalue weighted by Crippen LogP contribution is -2.44. The third-order valence-corrected chi connectivity index (χ3v) is 24.7. The summed E-state index contributed by atoms with van der Waals surface area (Å²) in [5, 5.41) is 54.6. The van der Waals surface area contributed by atoms with Crippen LogP contribution in [0.15, 0.2) is 0 Å². The molecule has 17 nitrogen and oxygen atoms in total. The maximum absolute atomic E-state index is 12.6. The van der Waals surface area contributed by atoms with E-state index in [9.17, 15) is 63.6 Å². The van der Waals surface area contributed by atoms with Gasteiger partial charge in [-0.15, -0.1) is 0 Å². The maximum Gasteiger partial charge on any atom is 0.326 e. The lowest BCUT2D eigenvalue weighted by atomic mass is 9.94. The second-order valence-corrected chi connectivity index (χ2v) is 25.9. The van der Waals surface area contributed by atoms with Gasteiger partial charge in [-0.05, 0) is 66.5 Å². The zero-order chi connectivity index (χ0) is 48.0. The zero-order valence-corrected chi connectivity index (χ0v) is 41.7. The minimum absolute atomic E-state index is 0.0760. The van der Waals surface area contributed by atoms with Gasteiger partial charge in [0.1, 0.15) is 17.9 Å². The summed E-state index contributed by atoms with van der Waals surface area (Å²) in [6.45, 7) is 0.267. The number of nitrogens with one attached hydrogen (secondary N) is 3. The molecule has 0 unspecified atom stereocenters. The van der Waals surface area contributed by atoms with Crippen LogP contribution in [0.5, 0.6) is 0 Å². The Morgan fingerprint density at radius 1 is 0.446 bits per heavy atom. The van der Waals surface area contributed by atoms with Crippen molar-refractivity contribution in [3.05, 3.63) is 0 Å². The predicted molar refractivity (Wildman–Crippen MR) is 259 cm³/mol. The normalized spacial score (nSPS) is 16.1. The van der Waals surface area contributed by atoms with E-state index in [4.69, 9.17) is 5.11 Å². The summed E-state index contributed by atoms with van der Waals surface area (Å²) in [5.74, 6) is -9.59. The number of hydrogen-bond donors (Lipinski definition) is 8. The second kappa shape index (κ2) is 33.9. The van der Waals surface area contributed by atoms with Crippen molar-refractivity contribution in [2.75, 3.05) is 6.54 Å². The third kappa shape index (κ3) is 27.8. The lowest BCUT2D eigenvalue weighted by molar-refractivity contribution is -0.145. The first-order valence-electron chi connectivity index (χ1n) is 22.6. The van der Waals surface area contributed by atoms with E-state index >= 15 is 0 Å². The highest BCUT2D eigenvalue weighted by Gasteiger charge is 2.53. The Morgan fingerprint density at radius 3 is 1.32 bits per heavy atom. The van der Waals surface area contributed by atoms with Crippen LogP contribution in [0.4, 0.5) is 0 Å². The molecule has 23 heteroatoms. The number of amides is 3. The largest absolute Gasteiger partial charge is 0.481 e. The first-order chi connectivity index (χ1) is 31.0. The van der Waals surface area contributed by atoms with Crippen LogP contribution in [-0.4, -0.2) is 105 Å². The molecule has 4 atom stereocenters. The van der Waals surface area contributed by atoms with Crippen molar-refractivity contribution in [3.8, 4) is 0 Å². The molecule has 2 saturated heterocycles. The summed E-state index contributed by atoms with van der Waals surface area (Å²) in [5.41, 5.74) is 0. The van der Waals surface area contributed by atoms with Gasteiger partial charge in [0.25, 0.3) is 0 Å². The summed E-state index contributed by atoms with van der Waals surface area (Å²) in [6, 6.07) is -2.97. The first kappa shape index (κ1) is 58.7. The van der Waals surface area contributed by atoms with Crippen molar-refractivity contribution in [1.82, 2.24) is 16.0 Å². The van der Waals surface area contributed by atoms with Crippen molar-refractivity contribution in [2.45, 2.75) is 186 Å². The molecular formula is C42H67N3O14S6. The van der Waals surface area contributed by atoms with Gasteiger partial charge in [0.2, 0.25) is 17.7 Å². The highest BCUT2D eigenvalue weighted by atomic mass is 33.2. The van der Waals surface area contributed by atoms with Gasteiger partial charge in [-0.2, -0.15) is 0 Å². The molecule has 0 aliphatic carbocycles. The molecule has 65 heavy (non-hydrogen) atoms. The predicted octanol–water partition coefficient (Wildman–Crippen LogP) is 8.55. The number of rotatable bonds is 40. The maximum atomic E-state index is 12.6. The molecule has 2 heterocycles. The number of aliphatic carboxylic acids is 5. The molecule has 0 aromatic rings. The average molecular weight is 1030 g/mol. The van der Waals surface area contributed by atoms with E-state index in [1.165, 1.54) is 25.7 Å². The number of carbonyl (C=O) groups is 9. The Balaban J connectivity index is 1.57. The van der Waals surface area contributed by atoms with E-state index in [0.717, 1.165) is 57.8 Å². The van der Waals surface area contributed by atoms with Gasteiger partial charge in [-0.1, -0.05) is 127 Å². The van der Waals surface area contributed by atoms with E-state index in [0.29, 0.717) is 25.7 Å². The molecule has 0 radical (unpaired) electrons. The van der Waals surface area contributed by atoms with Crippen molar-refractivity contribution in [1.29, 1.82) is 0 Å². The minimum Gasteiger partial charge on any atom is -0.481 e. The Labute approximate surface area is 405 Å². The number of hydrogen-bond acceptors (Lipinski definition) is 15. The third-order valence-electron chi connectivity index (χ3n) is 10.8. The average Bonchev–Trinajstić information content (AvgIpc) is 4.01. The van der Waals surface area contributed by atoms with Crippen LogP contribution < -0.4 is 16.0 Å². The Kier molecular flexibility index (Phi) is 30.6. The molecule has 0 aromatic carbocycles. The van der Waals surface area contributed by atoms with Crippen molar-refractivity contribution < 1.29 is 68.7 Å². The quantitative estimate of drug-likeness (QED) is 0.0162. The molecule has 0 bridgehead atoms. The van der Waals surface area contributed by atoms with Crippen molar-refractivity contribution >= 4 is 118 Å². The SMILES string of the molecule is O=C(O)CCCCCCCCCCCCCCCCC(=O)C[C@@H](CCC(=O)N[C@@H](CCC(=O)N[C@@H](CCC(=O)NCCCC[C@@H](C(=O)O)C1SSC2(SS1)SS2)C(=O)O)C(=O)O)C(=O)O. The fourth-order valence-electron chi connectivity index (χ4n) is 6.96. The molecule has 3 amide bonds. The molecule has 2 fully saturated rings. The monoisotopic (exact) mass is 1030 g/mol. The van der Waals surface area contributed by atoms with Gasteiger partial charge in [0.15, 0.2) is 2.74 Å². The smallest absolute Gasteiger partial charge is 0.326 e. The number of ketones is 1. The minimum atomic E-state index is -1.52. The van der Waals surface area contributed by atoms with E-state index in [2.05, 4.69) is 16.0 Å². The standard InChI is InChI=1S/C42H67N3O14S6/c46-29(17-13-11-9-7-5-3-1-2-4-6-8-10-12-14-19-36(50)51)27-28(37(52)53)20-23-34(48)44-32(40(58)59)22-25-35(49)45-31(39(56)57)21-24-33(47)43-26-16-15-18-30(38(54)55)41-60-62-42(63-61-41)64-65-42/h28,30-32,41H,1-27H2,(H,43,47)(H,44,48)(H,45,49)(H,50,51)(H,52,53)(H,54,55)(H,56,57)(H,58,59)/t28-,30+,31+,32+/m1/s1. The van der Waals surface area contributed by atoms with Crippen LogP contribution in [0.2, 0.25) is 0 Å². The summed E-state index contributed by atoms with van der Waals surface area (Å²) < 4.78 is -0.0113. The van der Waals surface area contributed by atoms with Gasteiger partial charge in [-0.25, -0.2) is 9.59 Å². The summed E-state index contributed by atoms with van der Waals surface area (Å²) in [4.78, 5) is 108. The van der Waals surface area contributed by atoms with Gasteiger partial charge in [-0.3, -0.25) is 33.6 Å². The first-order valence-corrected chi connectivity index (χ1v) is 29.2. The van der Waals surface area contributed by atoms with Gasteiger partial charge >= 0.3 is 29.8 Å². The number of carboxylic acids is 5. The fraction of sp³-hybridized carbons (Fsp3) is 0.786. The topological polar surface area (TPSA) is 291 Å². The molecule has 2 rings (SSSR count). The number of carboxylic acid groups (broad SMARTS) is 5. The number of Topliss-reactive ketones (excluding diaryl/α,β-unsaturated/α-hetero) is 1. The molecule has 2 aliphatic rings. The Hall–Kier alpha value is -2.47. The Bertz CT molecular complexity index is 1550. The fourth-order valence-corrected chi connectivity index (χ4v) is 20.8. The molecule has 0 aromatic heterocycles. The highest BCUT2D eigenvalue weighted by molar-refractivity contribution is 9.14. The van der Waals surface area contributed by atoms with Gasteiger partial charge in [0, 0.05) is 45.1 Å². The zero-order valence-electron chi connectivity index (χ0n) is 36.8. The van der Waals surface area contributed by atoms with Crippen molar-refractivity contribution in [2.24, 2.45) is 11.8 Å². The van der Waals surface area contributed by atoms with Crippen LogP contribution in [0.1, 0.15) is 167 Å². The van der Waals surface area contributed by atoms with Crippen LogP contribution in [0.3, 0.4) is 0 Å². The van der Waals surface area contributed by atoms with E-state index < -0.39 is 84.3 Å².